The molecule has 1 saturated heterocycles. The van der Waals surface area contributed by atoms with Gasteiger partial charge in [-0.25, -0.2) is 19.3 Å². The maximum absolute atomic E-state index is 13.3. The minimum absolute atomic E-state index is 0.205. The van der Waals surface area contributed by atoms with Crippen LogP contribution in [0.15, 0.2) is 95.3 Å². The topological polar surface area (TPSA) is 103 Å². The average molecular weight is 535 g/mol. The molecule has 6 rings (SSSR count). The highest BCUT2D eigenvalue weighted by Crippen LogP contribution is 2.29. The number of rotatable bonds is 7. The van der Waals surface area contributed by atoms with Gasteiger partial charge in [-0.2, -0.15) is 4.98 Å². The largest absolute Gasteiger partial charge is 0.324 e. The second-order valence-electron chi connectivity index (χ2n) is 10.0. The molecule has 1 aromatic carbocycles. The fourth-order valence-corrected chi connectivity index (χ4v) is 5.20. The standard InChI is InChI=1S/C30H30N8O2/c1-3-16-37-29(40)24-20-31-30(32-23-12-10-21(11-13-23)22-14-18-35(2)19-15-22)34-28(24)38(37)26-8-6-7-25(33-26)36-17-5-4-9-27(36)39/h3-13,17,20,22H,1,14-16,18-19H2,2H3,(H,31,32,34). The van der Waals surface area contributed by atoms with Crippen LogP contribution in [0.25, 0.3) is 22.7 Å². The summed E-state index contributed by atoms with van der Waals surface area (Å²) in [6.07, 6.45) is 7.15. The highest BCUT2D eigenvalue weighted by atomic mass is 16.1. The summed E-state index contributed by atoms with van der Waals surface area (Å²) in [5.74, 6) is 1.81. The number of hydrogen-bond acceptors (Lipinski definition) is 7. The molecule has 0 spiro atoms. The van der Waals surface area contributed by atoms with E-state index < -0.39 is 0 Å². The van der Waals surface area contributed by atoms with E-state index in [0.717, 1.165) is 31.6 Å². The molecule has 4 aromatic heterocycles. The fourth-order valence-electron chi connectivity index (χ4n) is 5.20. The first-order chi connectivity index (χ1) is 19.5. The minimum atomic E-state index is -0.256. The predicted octanol–water partition coefficient (Wildman–Crippen LogP) is 3.87. The molecule has 0 saturated carbocycles. The monoisotopic (exact) mass is 534 g/mol. The second kappa shape index (κ2) is 10.7. The number of benzene rings is 1. The van der Waals surface area contributed by atoms with Crippen molar-refractivity contribution < 1.29 is 0 Å². The van der Waals surface area contributed by atoms with Crippen LogP contribution >= 0.6 is 0 Å². The maximum atomic E-state index is 13.3. The zero-order chi connectivity index (χ0) is 27.6. The molecule has 1 aliphatic heterocycles. The van der Waals surface area contributed by atoms with Gasteiger partial charge in [-0.3, -0.25) is 14.2 Å². The molecule has 0 atom stereocenters. The van der Waals surface area contributed by atoms with Gasteiger partial charge in [0.1, 0.15) is 11.2 Å². The smallest absolute Gasteiger partial charge is 0.278 e. The molecule has 0 radical (unpaired) electrons. The van der Waals surface area contributed by atoms with E-state index in [1.165, 1.54) is 27.1 Å². The Morgan fingerprint density at radius 1 is 0.975 bits per heavy atom. The molecule has 202 valence electrons. The number of pyridine rings is 2. The van der Waals surface area contributed by atoms with E-state index in [-0.39, 0.29) is 17.7 Å². The Morgan fingerprint density at radius 2 is 1.75 bits per heavy atom. The Bertz CT molecular complexity index is 1790. The van der Waals surface area contributed by atoms with Crippen molar-refractivity contribution in [2.75, 3.05) is 25.5 Å². The Balaban J connectivity index is 1.37. The molecule has 10 heteroatoms. The van der Waals surface area contributed by atoms with Gasteiger partial charge >= 0.3 is 0 Å². The number of nitrogens with one attached hydrogen (secondary N) is 1. The molecule has 0 unspecified atom stereocenters. The van der Waals surface area contributed by atoms with Gasteiger partial charge in [0.2, 0.25) is 5.95 Å². The summed E-state index contributed by atoms with van der Waals surface area (Å²) in [7, 11) is 2.17. The highest BCUT2D eigenvalue weighted by Gasteiger charge is 2.20. The zero-order valence-electron chi connectivity index (χ0n) is 22.3. The van der Waals surface area contributed by atoms with Crippen LogP contribution in [0.3, 0.4) is 0 Å². The molecule has 1 aliphatic rings. The van der Waals surface area contributed by atoms with Gasteiger partial charge in [0.25, 0.3) is 11.1 Å². The third kappa shape index (κ3) is 4.85. The molecule has 10 nitrogen and oxygen atoms in total. The Kier molecular flexibility index (Phi) is 6.83. The maximum Gasteiger partial charge on any atom is 0.278 e. The summed E-state index contributed by atoms with van der Waals surface area (Å²) >= 11 is 0. The van der Waals surface area contributed by atoms with Crippen molar-refractivity contribution in [3.63, 3.8) is 0 Å². The van der Waals surface area contributed by atoms with Crippen molar-refractivity contribution in [1.82, 2.24) is 33.8 Å². The molecule has 1 fully saturated rings. The van der Waals surface area contributed by atoms with Crippen LogP contribution in [0.1, 0.15) is 24.3 Å². The van der Waals surface area contributed by atoms with Crippen molar-refractivity contribution in [2.24, 2.45) is 0 Å². The lowest BCUT2D eigenvalue weighted by Gasteiger charge is -2.29. The number of aromatic nitrogens is 6. The number of nitrogens with zero attached hydrogens (tertiary/aromatic N) is 7. The van der Waals surface area contributed by atoms with Crippen molar-refractivity contribution in [3.05, 3.63) is 112 Å². The van der Waals surface area contributed by atoms with Crippen LogP contribution in [0, 0.1) is 0 Å². The highest BCUT2D eigenvalue weighted by molar-refractivity contribution is 5.77. The van der Waals surface area contributed by atoms with E-state index in [4.69, 9.17) is 9.97 Å². The fraction of sp³-hybridized carbons (Fsp3) is 0.233. The number of likely N-dealkylation sites (tertiary alicyclic amines) is 1. The van der Waals surface area contributed by atoms with Crippen molar-refractivity contribution in [2.45, 2.75) is 25.3 Å². The molecular formula is C30H30N8O2. The first-order valence-electron chi connectivity index (χ1n) is 13.3. The van der Waals surface area contributed by atoms with Gasteiger partial charge < -0.3 is 10.2 Å². The van der Waals surface area contributed by atoms with Crippen LogP contribution < -0.4 is 16.4 Å². The lowest BCUT2D eigenvalue weighted by Crippen LogP contribution is -2.29. The van der Waals surface area contributed by atoms with Gasteiger partial charge in [-0.15, -0.1) is 6.58 Å². The molecule has 1 N–H and O–H groups in total. The minimum Gasteiger partial charge on any atom is -0.324 e. The van der Waals surface area contributed by atoms with Gasteiger partial charge in [0, 0.05) is 24.1 Å². The average Bonchev–Trinajstić information content (AvgIpc) is 3.25. The van der Waals surface area contributed by atoms with Gasteiger partial charge in [-0.1, -0.05) is 30.3 Å². The molecule has 0 bridgehead atoms. The molecule has 0 aliphatic carbocycles. The van der Waals surface area contributed by atoms with Crippen LogP contribution in [0.4, 0.5) is 11.6 Å². The number of fused-ring (bicyclic) bond motifs is 1. The number of allylic oxidation sites excluding steroid dienone is 1. The Morgan fingerprint density at radius 3 is 2.50 bits per heavy atom. The SMILES string of the molecule is C=CCn1c(=O)c2cnc(Nc3ccc(C4CCN(C)CC4)cc3)nc2n1-c1cccc(-n2ccccc2=O)n1. The van der Waals surface area contributed by atoms with E-state index in [1.807, 2.05) is 12.1 Å². The van der Waals surface area contributed by atoms with E-state index in [0.29, 0.717) is 34.5 Å². The summed E-state index contributed by atoms with van der Waals surface area (Å²) in [5.41, 5.74) is 2.14. The normalized spacial score (nSPS) is 14.4. The van der Waals surface area contributed by atoms with E-state index >= 15 is 0 Å². The van der Waals surface area contributed by atoms with Crippen molar-refractivity contribution >= 4 is 22.7 Å². The summed E-state index contributed by atoms with van der Waals surface area (Å²) in [4.78, 5) is 41.9. The summed E-state index contributed by atoms with van der Waals surface area (Å²) < 4.78 is 4.60. The summed E-state index contributed by atoms with van der Waals surface area (Å²) in [6.45, 7) is 6.28. The predicted molar refractivity (Wildman–Crippen MR) is 156 cm³/mol. The Labute approximate surface area is 230 Å². The lowest BCUT2D eigenvalue weighted by molar-refractivity contribution is 0.255. The number of hydrogen-bond donors (Lipinski definition) is 1. The van der Waals surface area contributed by atoms with Crippen molar-refractivity contribution in [1.29, 1.82) is 0 Å². The van der Waals surface area contributed by atoms with Gasteiger partial charge in [0.05, 0.1) is 6.54 Å². The number of piperidine rings is 1. The van der Waals surface area contributed by atoms with Crippen LogP contribution in [-0.4, -0.2) is 53.9 Å². The zero-order valence-corrected chi connectivity index (χ0v) is 22.3. The molecule has 5 aromatic rings. The molecular weight excluding hydrogens is 504 g/mol. The Hall–Kier alpha value is -4.83. The third-order valence-electron chi connectivity index (χ3n) is 7.34. The quantitative estimate of drug-likeness (QED) is 0.316. The first kappa shape index (κ1) is 25.4. The van der Waals surface area contributed by atoms with Gasteiger partial charge in [0.15, 0.2) is 11.5 Å². The summed E-state index contributed by atoms with van der Waals surface area (Å²) in [6, 6.07) is 18.6. The van der Waals surface area contributed by atoms with Crippen LogP contribution in [-0.2, 0) is 6.54 Å². The molecule has 5 heterocycles. The number of anilines is 2. The third-order valence-corrected chi connectivity index (χ3v) is 7.34. The molecule has 40 heavy (non-hydrogen) atoms. The van der Waals surface area contributed by atoms with Crippen LogP contribution in [0.2, 0.25) is 0 Å². The first-order valence-corrected chi connectivity index (χ1v) is 13.3. The van der Waals surface area contributed by atoms with E-state index in [2.05, 4.69) is 41.0 Å². The van der Waals surface area contributed by atoms with Gasteiger partial charge in [-0.05, 0) is 74.8 Å². The van der Waals surface area contributed by atoms with Crippen molar-refractivity contribution in [3.8, 4) is 11.6 Å². The lowest BCUT2D eigenvalue weighted by atomic mass is 9.89. The summed E-state index contributed by atoms with van der Waals surface area (Å²) in [5, 5.41) is 3.63. The van der Waals surface area contributed by atoms with E-state index in [1.54, 1.807) is 47.3 Å². The van der Waals surface area contributed by atoms with Crippen LogP contribution in [0.5, 0.6) is 0 Å². The molecule has 0 amide bonds. The van der Waals surface area contributed by atoms with E-state index in [9.17, 15) is 9.59 Å². The second-order valence-corrected chi connectivity index (χ2v) is 10.0.